The third kappa shape index (κ3) is 4.20. The van der Waals surface area contributed by atoms with Gasteiger partial charge < -0.3 is 10.4 Å². The lowest BCUT2D eigenvalue weighted by Gasteiger charge is -2.14. The van der Waals surface area contributed by atoms with Gasteiger partial charge in [0.2, 0.25) is 5.91 Å². The number of benzene rings is 2. The van der Waals surface area contributed by atoms with E-state index in [0.29, 0.717) is 11.3 Å². The van der Waals surface area contributed by atoms with Crippen molar-refractivity contribution in [1.29, 1.82) is 0 Å². The number of amides is 3. The van der Waals surface area contributed by atoms with Gasteiger partial charge >= 0.3 is 0 Å². The number of imide groups is 1. The zero-order valence-corrected chi connectivity index (χ0v) is 15.7. The molecule has 0 unspecified atom stereocenters. The van der Waals surface area contributed by atoms with Crippen LogP contribution in [0.25, 0.3) is 6.08 Å². The molecule has 1 fully saturated rings. The summed E-state index contributed by atoms with van der Waals surface area (Å²) in [6, 6.07) is 11.9. The highest BCUT2D eigenvalue weighted by Gasteiger charge is 2.36. The van der Waals surface area contributed by atoms with Gasteiger partial charge in [-0.2, -0.15) is 0 Å². The van der Waals surface area contributed by atoms with Crippen LogP contribution in [0.15, 0.2) is 47.4 Å². The summed E-state index contributed by atoms with van der Waals surface area (Å²) in [6.45, 7) is 3.48. The topological polar surface area (TPSA) is 86.7 Å². The summed E-state index contributed by atoms with van der Waals surface area (Å²) in [5, 5.41) is 11.8. The molecule has 2 aromatic carbocycles. The van der Waals surface area contributed by atoms with E-state index in [-0.39, 0.29) is 17.2 Å². The number of rotatable bonds is 4. The van der Waals surface area contributed by atoms with E-state index in [1.807, 2.05) is 26.0 Å². The minimum Gasteiger partial charge on any atom is -0.508 e. The number of anilines is 1. The zero-order valence-electron chi connectivity index (χ0n) is 14.9. The Bertz CT molecular complexity index is 968. The first-order valence-corrected chi connectivity index (χ1v) is 9.07. The summed E-state index contributed by atoms with van der Waals surface area (Å²) in [6.07, 6.45) is 1.52. The summed E-state index contributed by atoms with van der Waals surface area (Å²) in [5.74, 6) is -0.898. The maximum absolute atomic E-state index is 12.5. The fourth-order valence-corrected chi connectivity index (χ4v) is 3.46. The van der Waals surface area contributed by atoms with E-state index in [2.05, 4.69) is 5.32 Å². The summed E-state index contributed by atoms with van der Waals surface area (Å²) >= 11 is 0.773. The number of nitrogens with zero attached hydrogens (tertiary/aromatic N) is 1. The van der Waals surface area contributed by atoms with E-state index in [9.17, 15) is 19.5 Å². The van der Waals surface area contributed by atoms with Crippen LogP contribution in [0.3, 0.4) is 0 Å². The minimum atomic E-state index is -0.524. The van der Waals surface area contributed by atoms with Gasteiger partial charge in [0, 0.05) is 5.69 Å². The van der Waals surface area contributed by atoms with Gasteiger partial charge in [-0.3, -0.25) is 19.3 Å². The summed E-state index contributed by atoms with van der Waals surface area (Å²) in [7, 11) is 0. The Balaban J connectivity index is 1.72. The molecule has 0 radical (unpaired) electrons. The number of carbonyl (C=O) groups is 3. The first-order chi connectivity index (χ1) is 12.8. The second-order valence-electron chi connectivity index (χ2n) is 6.16. The third-order valence-electron chi connectivity index (χ3n) is 4.22. The summed E-state index contributed by atoms with van der Waals surface area (Å²) in [5.41, 5.74) is 3.22. The van der Waals surface area contributed by atoms with Gasteiger partial charge in [-0.1, -0.05) is 24.3 Å². The highest BCUT2D eigenvalue weighted by Crippen LogP contribution is 2.32. The monoisotopic (exact) mass is 382 g/mol. The Labute approximate surface area is 160 Å². The van der Waals surface area contributed by atoms with Gasteiger partial charge in [-0.25, -0.2) is 0 Å². The number of thioether (sulfide) groups is 1. The Morgan fingerprint density at radius 3 is 2.67 bits per heavy atom. The number of hydrogen-bond acceptors (Lipinski definition) is 5. The second-order valence-corrected chi connectivity index (χ2v) is 7.15. The average molecular weight is 382 g/mol. The molecule has 7 heteroatoms. The molecule has 0 aliphatic carbocycles. The molecule has 27 heavy (non-hydrogen) atoms. The van der Waals surface area contributed by atoms with Crippen LogP contribution in [-0.4, -0.2) is 33.6 Å². The van der Waals surface area contributed by atoms with Crippen LogP contribution in [0.1, 0.15) is 16.7 Å². The van der Waals surface area contributed by atoms with Gasteiger partial charge in [0.1, 0.15) is 12.3 Å². The van der Waals surface area contributed by atoms with Gasteiger partial charge in [0.15, 0.2) is 0 Å². The molecule has 0 saturated carbocycles. The van der Waals surface area contributed by atoms with E-state index in [1.54, 1.807) is 18.2 Å². The Kier molecular flexibility index (Phi) is 5.32. The summed E-state index contributed by atoms with van der Waals surface area (Å²) < 4.78 is 0. The molecule has 0 aromatic heterocycles. The predicted molar refractivity (Wildman–Crippen MR) is 105 cm³/mol. The van der Waals surface area contributed by atoms with E-state index in [0.717, 1.165) is 27.8 Å². The zero-order chi connectivity index (χ0) is 19.6. The molecule has 2 aromatic rings. The van der Waals surface area contributed by atoms with Crippen molar-refractivity contribution >= 4 is 40.6 Å². The van der Waals surface area contributed by atoms with Gasteiger partial charge in [-0.15, -0.1) is 0 Å². The van der Waals surface area contributed by atoms with Gasteiger partial charge in [0.05, 0.1) is 4.91 Å². The Morgan fingerprint density at radius 1 is 1.19 bits per heavy atom. The maximum atomic E-state index is 12.5. The Morgan fingerprint density at radius 2 is 1.93 bits per heavy atom. The predicted octanol–water partition coefficient (Wildman–Crippen LogP) is 3.68. The standard InChI is InChI=1S/C20H18N2O4S/c1-12-5-3-8-16(13(12)2)21-18(24)11-22-19(25)17(27-20(22)26)10-14-6-4-7-15(23)9-14/h3-10,23H,11H2,1-2H3,(H,21,24)/b17-10+. The van der Waals surface area contributed by atoms with Crippen LogP contribution in [0.4, 0.5) is 10.5 Å². The van der Waals surface area contributed by atoms with Gasteiger partial charge in [-0.05, 0) is 66.6 Å². The molecule has 138 valence electrons. The molecule has 1 heterocycles. The van der Waals surface area contributed by atoms with Crippen LogP contribution in [0, 0.1) is 13.8 Å². The smallest absolute Gasteiger partial charge is 0.294 e. The quantitative estimate of drug-likeness (QED) is 0.788. The molecular weight excluding hydrogens is 364 g/mol. The molecule has 3 rings (SSSR count). The van der Waals surface area contributed by atoms with Crippen molar-refractivity contribution in [2.24, 2.45) is 0 Å². The van der Waals surface area contributed by atoms with Crippen molar-refractivity contribution in [3.63, 3.8) is 0 Å². The molecule has 0 spiro atoms. The normalized spacial score (nSPS) is 15.5. The van der Waals surface area contributed by atoms with Crippen molar-refractivity contribution in [3.8, 4) is 5.75 Å². The van der Waals surface area contributed by atoms with E-state index < -0.39 is 17.1 Å². The molecule has 6 nitrogen and oxygen atoms in total. The molecular formula is C20H18N2O4S. The molecule has 3 amide bonds. The maximum Gasteiger partial charge on any atom is 0.294 e. The van der Waals surface area contributed by atoms with E-state index in [4.69, 9.17) is 0 Å². The van der Waals surface area contributed by atoms with Crippen LogP contribution in [0.2, 0.25) is 0 Å². The van der Waals surface area contributed by atoms with Crippen molar-refractivity contribution in [3.05, 3.63) is 64.1 Å². The van der Waals surface area contributed by atoms with Crippen molar-refractivity contribution < 1.29 is 19.5 Å². The fraction of sp³-hybridized carbons (Fsp3) is 0.150. The van der Waals surface area contributed by atoms with Crippen LogP contribution in [0.5, 0.6) is 5.75 Å². The Hall–Kier alpha value is -3.06. The van der Waals surface area contributed by atoms with Gasteiger partial charge in [0.25, 0.3) is 11.1 Å². The van der Waals surface area contributed by atoms with E-state index in [1.165, 1.54) is 18.2 Å². The highest BCUT2D eigenvalue weighted by molar-refractivity contribution is 8.18. The number of nitrogens with one attached hydrogen (secondary N) is 1. The van der Waals surface area contributed by atoms with Crippen LogP contribution < -0.4 is 5.32 Å². The second kappa shape index (κ2) is 7.67. The molecule has 0 atom stereocenters. The first-order valence-electron chi connectivity index (χ1n) is 8.25. The van der Waals surface area contributed by atoms with Crippen molar-refractivity contribution in [2.75, 3.05) is 11.9 Å². The minimum absolute atomic E-state index is 0.0656. The lowest BCUT2D eigenvalue weighted by Crippen LogP contribution is -2.36. The van der Waals surface area contributed by atoms with E-state index >= 15 is 0 Å². The molecule has 2 N–H and O–H groups in total. The van der Waals surface area contributed by atoms with Crippen LogP contribution in [-0.2, 0) is 9.59 Å². The summed E-state index contributed by atoms with van der Waals surface area (Å²) in [4.78, 5) is 38.1. The number of phenolic OH excluding ortho intramolecular Hbond substituents is 1. The lowest BCUT2D eigenvalue weighted by atomic mass is 10.1. The number of hydrogen-bond donors (Lipinski definition) is 2. The molecule has 1 aliphatic heterocycles. The fourth-order valence-electron chi connectivity index (χ4n) is 2.62. The highest BCUT2D eigenvalue weighted by atomic mass is 32.2. The molecule has 1 saturated heterocycles. The third-order valence-corrected chi connectivity index (χ3v) is 5.13. The number of phenols is 1. The first kappa shape index (κ1) is 18.7. The molecule has 0 bridgehead atoms. The average Bonchev–Trinajstić information content (AvgIpc) is 2.86. The SMILES string of the molecule is Cc1cccc(NC(=O)CN2C(=O)S/C(=C/c3cccc(O)c3)C2=O)c1C. The van der Waals surface area contributed by atoms with Crippen molar-refractivity contribution in [2.45, 2.75) is 13.8 Å². The number of aromatic hydroxyl groups is 1. The van der Waals surface area contributed by atoms with Crippen LogP contribution >= 0.6 is 11.8 Å². The largest absolute Gasteiger partial charge is 0.508 e. The lowest BCUT2D eigenvalue weighted by molar-refractivity contribution is -0.127. The van der Waals surface area contributed by atoms with Crippen molar-refractivity contribution in [1.82, 2.24) is 4.90 Å². The molecule has 1 aliphatic rings. The number of aryl methyl sites for hydroxylation is 1. The number of carbonyl (C=O) groups excluding carboxylic acids is 3.